The molecule has 0 radical (unpaired) electrons. The fraction of sp³-hybridized carbons (Fsp3) is 0.571. The molecule has 0 unspecified atom stereocenters. The lowest BCUT2D eigenvalue weighted by atomic mass is 10.1. The molecule has 0 fully saturated rings. The Morgan fingerprint density at radius 3 is 2.20 bits per heavy atom. The van der Waals surface area contributed by atoms with Gasteiger partial charge in [0.05, 0.1) is 0 Å². The van der Waals surface area contributed by atoms with Crippen LogP contribution < -0.4 is 0 Å². The van der Waals surface area contributed by atoms with Crippen LogP contribution in [0.1, 0.15) is 30.4 Å². The van der Waals surface area contributed by atoms with Crippen molar-refractivity contribution < 1.29 is 0 Å². The molecule has 0 aromatic heterocycles. The first-order valence-corrected chi connectivity index (χ1v) is 5.89. The Kier molecular flexibility index (Phi) is 5.41. The van der Waals surface area contributed by atoms with E-state index in [1.807, 2.05) is 0 Å². The van der Waals surface area contributed by atoms with Crippen LogP contribution in [0.2, 0.25) is 0 Å². The minimum Gasteiger partial charge on any atom is -0.309 e. The van der Waals surface area contributed by atoms with Crippen molar-refractivity contribution in [2.75, 3.05) is 20.6 Å². The van der Waals surface area contributed by atoms with Gasteiger partial charge in [-0.1, -0.05) is 36.2 Å². The third-order valence-electron chi connectivity index (χ3n) is 2.69. The summed E-state index contributed by atoms with van der Waals surface area (Å²) in [7, 11) is 4.28. The third kappa shape index (κ3) is 5.58. The molecule has 0 saturated heterocycles. The molecule has 0 spiro atoms. The minimum absolute atomic E-state index is 1.22. The Morgan fingerprint density at radius 1 is 0.933 bits per heavy atom. The van der Waals surface area contributed by atoms with E-state index in [2.05, 4.69) is 50.2 Å². The molecule has 1 heteroatoms. The average molecular weight is 205 g/mol. The standard InChI is InChI=1S/C14H23N/c1-13-8-10-14(11-9-13)7-5-4-6-12-15(2)3/h8-11H,4-7,12H2,1-3H3. The van der Waals surface area contributed by atoms with Gasteiger partial charge in [-0.2, -0.15) is 0 Å². The summed E-state index contributed by atoms with van der Waals surface area (Å²) in [5.74, 6) is 0. The quantitative estimate of drug-likeness (QED) is 0.644. The van der Waals surface area contributed by atoms with Gasteiger partial charge in [0, 0.05) is 0 Å². The molecule has 0 N–H and O–H groups in total. The molecule has 1 aromatic rings. The van der Waals surface area contributed by atoms with E-state index in [9.17, 15) is 0 Å². The molecule has 0 amide bonds. The number of hydrogen-bond acceptors (Lipinski definition) is 1. The number of rotatable bonds is 6. The largest absolute Gasteiger partial charge is 0.309 e. The van der Waals surface area contributed by atoms with E-state index in [0.29, 0.717) is 0 Å². The van der Waals surface area contributed by atoms with Crippen LogP contribution in [0, 0.1) is 6.92 Å². The highest BCUT2D eigenvalue weighted by molar-refractivity contribution is 5.21. The third-order valence-corrected chi connectivity index (χ3v) is 2.69. The topological polar surface area (TPSA) is 3.24 Å². The van der Waals surface area contributed by atoms with Gasteiger partial charge in [-0.3, -0.25) is 0 Å². The molecule has 0 bridgehead atoms. The smallest absolute Gasteiger partial charge is 0.00248 e. The van der Waals surface area contributed by atoms with E-state index >= 15 is 0 Å². The van der Waals surface area contributed by atoms with Crippen LogP contribution in [-0.2, 0) is 6.42 Å². The van der Waals surface area contributed by atoms with Crippen LogP contribution >= 0.6 is 0 Å². The first kappa shape index (κ1) is 12.3. The van der Waals surface area contributed by atoms with Gasteiger partial charge >= 0.3 is 0 Å². The maximum Gasteiger partial charge on any atom is -0.00248 e. The van der Waals surface area contributed by atoms with Crippen molar-refractivity contribution in [1.82, 2.24) is 4.90 Å². The second-order valence-electron chi connectivity index (χ2n) is 4.60. The van der Waals surface area contributed by atoms with Crippen LogP contribution in [0.3, 0.4) is 0 Å². The molecule has 1 rings (SSSR count). The maximum atomic E-state index is 2.26. The Labute approximate surface area is 94.1 Å². The van der Waals surface area contributed by atoms with E-state index in [1.54, 1.807) is 0 Å². The van der Waals surface area contributed by atoms with E-state index in [4.69, 9.17) is 0 Å². The minimum atomic E-state index is 1.22. The predicted molar refractivity (Wildman–Crippen MR) is 67.3 cm³/mol. The van der Waals surface area contributed by atoms with Crippen molar-refractivity contribution >= 4 is 0 Å². The van der Waals surface area contributed by atoms with Gasteiger partial charge < -0.3 is 4.90 Å². The maximum absolute atomic E-state index is 2.26. The highest BCUT2D eigenvalue weighted by Gasteiger charge is 1.94. The van der Waals surface area contributed by atoms with Gasteiger partial charge in [0.25, 0.3) is 0 Å². The number of nitrogens with zero attached hydrogens (tertiary/aromatic N) is 1. The summed E-state index contributed by atoms with van der Waals surface area (Å²) in [6.07, 6.45) is 5.20. The summed E-state index contributed by atoms with van der Waals surface area (Å²) in [6.45, 7) is 3.36. The van der Waals surface area contributed by atoms with Gasteiger partial charge in [0.15, 0.2) is 0 Å². The lowest BCUT2D eigenvalue weighted by Gasteiger charge is -2.08. The molecule has 0 aliphatic carbocycles. The summed E-state index contributed by atoms with van der Waals surface area (Å²) in [4.78, 5) is 2.26. The zero-order valence-corrected chi connectivity index (χ0v) is 10.3. The lowest BCUT2D eigenvalue weighted by Crippen LogP contribution is -2.12. The predicted octanol–water partition coefficient (Wildman–Crippen LogP) is 3.27. The van der Waals surface area contributed by atoms with E-state index in [0.717, 1.165) is 0 Å². The highest BCUT2D eigenvalue weighted by Crippen LogP contribution is 2.08. The highest BCUT2D eigenvalue weighted by atomic mass is 15.0. The Hall–Kier alpha value is -0.820. The Morgan fingerprint density at radius 2 is 1.60 bits per heavy atom. The number of aryl methyl sites for hydroxylation is 2. The van der Waals surface area contributed by atoms with Crippen molar-refractivity contribution in [3.8, 4) is 0 Å². The fourth-order valence-electron chi connectivity index (χ4n) is 1.69. The number of hydrogen-bond donors (Lipinski definition) is 0. The van der Waals surface area contributed by atoms with Crippen molar-refractivity contribution in [2.24, 2.45) is 0 Å². The van der Waals surface area contributed by atoms with Crippen LogP contribution in [0.4, 0.5) is 0 Å². The molecule has 1 nitrogen and oxygen atoms in total. The SMILES string of the molecule is Cc1ccc(CCCCCN(C)C)cc1. The van der Waals surface area contributed by atoms with Crippen LogP contribution in [0.25, 0.3) is 0 Å². The molecule has 0 heterocycles. The Balaban J connectivity index is 2.12. The lowest BCUT2D eigenvalue weighted by molar-refractivity contribution is 0.391. The first-order chi connectivity index (χ1) is 7.18. The van der Waals surface area contributed by atoms with Gasteiger partial charge in [-0.15, -0.1) is 0 Å². The molecule has 84 valence electrons. The van der Waals surface area contributed by atoms with Crippen molar-refractivity contribution in [3.05, 3.63) is 35.4 Å². The molecule has 0 aliphatic heterocycles. The van der Waals surface area contributed by atoms with Crippen molar-refractivity contribution in [2.45, 2.75) is 32.6 Å². The average Bonchev–Trinajstić information content (AvgIpc) is 2.20. The molecular formula is C14H23N. The molecule has 0 aliphatic rings. The van der Waals surface area contributed by atoms with Gasteiger partial charge in [-0.25, -0.2) is 0 Å². The van der Waals surface area contributed by atoms with Crippen molar-refractivity contribution in [3.63, 3.8) is 0 Å². The van der Waals surface area contributed by atoms with E-state index < -0.39 is 0 Å². The fourth-order valence-corrected chi connectivity index (χ4v) is 1.69. The molecule has 0 saturated carbocycles. The van der Waals surface area contributed by atoms with Crippen LogP contribution in [-0.4, -0.2) is 25.5 Å². The summed E-state index contributed by atoms with van der Waals surface area (Å²) in [5.41, 5.74) is 2.83. The first-order valence-electron chi connectivity index (χ1n) is 5.89. The molecular weight excluding hydrogens is 182 g/mol. The number of unbranched alkanes of at least 4 members (excludes halogenated alkanes) is 2. The molecule has 15 heavy (non-hydrogen) atoms. The second-order valence-corrected chi connectivity index (χ2v) is 4.60. The van der Waals surface area contributed by atoms with Crippen molar-refractivity contribution in [1.29, 1.82) is 0 Å². The Bertz CT molecular complexity index is 261. The summed E-state index contributed by atoms with van der Waals surface area (Å²) in [5, 5.41) is 0. The molecule has 0 atom stereocenters. The van der Waals surface area contributed by atoms with Gasteiger partial charge in [0.2, 0.25) is 0 Å². The summed E-state index contributed by atoms with van der Waals surface area (Å²) < 4.78 is 0. The molecule has 1 aromatic carbocycles. The van der Waals surface area contributed by atoms with Gasteiger partial charge in [-0.05, 0) is 52.4 Å². The zero-order valence-electron chi connectivity index (χ0n) is 10.3. The normalized spacial score (nSPS) is 10.9. The summed E-state index contributed by atoms with van der Waals surface area (Å²) in [6, 6.07) is 8.91. The monoisotopic (exact) mass is 205 g/mol. The number of benzene rings is 1. The van der Waals surface area contributed by atoms with Crippen LogP contribution in [0.15, 0.2) is 24.3 Å². The second kappa shape index (κ2) is 6.62. The van der Waals surface area contributed by atoms with E-state index in [-0.39, 0.29) is 0 Å². The van der Waals surface area contributed by atoms with E-state index in [1.165, 1.54) is 43.4 Å². The van der Waals surface area contributed by atoms with Crippen LogP contribution in [0.5, 0.6) is 0 Å². The van der Waals surface area contributed by atoms with Gasteiger partial charge in [0.1, 0.15) is 0 Å². The summed E-state index contributed by atoms with van der Waals surface area (Å²) >= 11 is 0. The zero-order chi connectivity index (χ0) is 11.1.